The van der Waals surface area contributed by atoms with E-state index in [1.54, 1.807) is 0 Å². The summed E-state index contributed by atoms with van der Waals surface area (Å²) in [6, 6.07) is 4.65. The number of nitrogens with one attached hydrogen (secondary N) is 1. The molecular formula is C13H22N4. The van der Waals surface area contributed by atoms with Gasteiger partial charge in [0.05, 0.1) is 5.69 Å². The molecule has 0 radical (unpaired) electrons. The van der Waals surface area contributed by atoms with Crippen molar-refractivity contribution in [3.63, 3.8) is 0 Å². The van der Waals surface area contributed by atoms with Crippen molar-refractivity contribution in [2.45, 2.75) is 33.2 Å². The van der Waals surface area contributed by atoms with Crippen LogP contribution in [0.1, 0.15) is 26.0 Å². The van der Waals surface area contributed by atoms with Crippen LogP contribution < -0.4 is 5.32 Å². The van der Waals surface area contributed by atoms with E-state index >= 15 is 0 Å². The van der Waals surface area contributed by atoms with Gasteiger partial charge in [0.2, 0.25) is 0 Å². The predicted octanol–water partition coefficient (Wildman–Crippen LogP) is 1.93. The molecule has 0 bridgehead atoms. The molecule has 1 N–H and O–H groups in total. The molecule has 0 aliphatic carbocycles. The maximum Gasteiger partial charge on any atom is 0.148 e. The van der Waals surface area contributed by atoms with Crippen LogP contribution in [0.5, 0.6) is 0 Å². The second kappa shape index (κ2) is 5.45. The predicted molar refractivity (Wildman–Crippen MR) is 70.1 cm³/mol. The summed E-state index contributed by atoms with van der Waals surface area (Å²) >= 11 is 0. The lowest BCUT2D eigenvalue weighted by Crippen LogP contribution is -2.29. The highest BCUT2D eigenvalue weighted by atomic mass is 15.2. The molecule has 1 aromatic heterocycles. The highest BCUT2D eigenvalue weighted by molar-refractivity contribution is 5.32. The minimum atomic E-state index is 0.666. The first-order chi connectivity index (χ1) is 8.15. The number of nitrogens with zero attached hydrogens (tertiary/aromatic N) is 3. The summed E-state index contributed by atoms with van der Waals surface area (Å²) in [5.74, 6) is 1.62. The Balaban J connectivity index is 1.78. The summed E-state index contributed by atoms with van der Waals surface area (Å²) in [5, 5.41) is 11.5. The van der Waals surface area contributed by atoms with E-state index in [-0.39, 0.29) is 0 Å². The third-order valence-corrected chi connectivity index (χ3v) is 3.42. The van der Waals surface area contributed by atoms with Gasteiger partial charge in [-0.1, -0.05) is 0 Å². The molecule has 1 unspecified atom stereocenters. The van der Waals surface area contributed by atoms with Crippen molar-refractivity contribution in [2.75, 3.05) is 25.0 Å². The first kappa shape index (κ1) is 12.3. The number of anilines is 1. The van der Waals surface area contributed by atoms with Gasteiger partial charge in [-0.15, -0.1) is 5.10 Å². The van der Waals surface area contributed by atoms with Crippen molar-refractivity contribution in [1.29, 1.82) is 0 Å². The topological polar surface area (TPSA) is 41.0 Å². The van der Waals surface area contributed by atoms with E-state index in [1.165, 1.54) is 19.5 Å². The maximum absolute atomic E-state index is 4.12. The molecule has 1 fully saturated rings. The van der Waals surface area contributed by atoms with Gasteiger partial charge >= 0.3 is 0 Å². The zero-order chi connectivity index (χ0) is 12.3. The molecule has 1 aromatic rings. The fourth-order valence-electron chi connectivity index (χ4n) is 2.24. The Labute approximate surface area is 103 Å². The fourth-order valence-corrected chi connectivity index (χ4v) is 2.24. The van der Waals surface area contributed by atoms with Crippen LogP contribution in [0.15, 0.2) is 12.1 Å². The van der Waals surface area contributed by atoms with Gasteiger partial charge in [0.1, 0.15) is 5.82 Å². The summed E-state index contributed by atoms with van der Waals surface area (Å²) in [6.45, 7) is 9.91. The maximum atomic E-state index is 4.12. The van der Waals surface area contributed by atoms with Gasteiger partial charge in [0.25, 0.3) is 0 Å². The Morgan fingerprint density at radius 1 is 1.41 bits per heavy atom. The average molecular weight is 234 g/mol. The summed E-state index contributed by atoms with van der Waals surface area (Å²) < 4.78 is 0. The van der Waals surface area contributed by atoms with Crippen LogP contribution in [0, 0.1) is 12.8 Å². The number of aromatic nitrogens is 2. The molecule has 0 amide bonds. The smallest absolute Gasteiger partial charge is 0.148 e. The Hall–Kier alpha value is -1.16. The Bertz CT molecular complexity index is 347. The van der Waals surface area contributed by atoms with Crippen LogP contribution >= 0.6 is 0 Å². The third kappa shape index (κ3) is 3.40. The molecule has 1 saturated heterocycles. The number of hydrogen-bond acceptors (Lipinski definition) is 4. The van der Waals surface area contributed by atoms with Crippen molar-refractivity contribution in [1.82, 2.24) is 15.1 Å². The molecule has 0 saturated carbocycles. The van der Waals surface area contributed by atoms with Crippen LogP contribution in [0.2, 0.25) is 0 Å². The Morgan fingerprint density at radius 2 is 2.24 bits per heavy atom. The van der Waals surface area contributed by atoms with E-state index in [0.29, 0.717) is 6.04 Å². The minimum absolute atomic E-state index is 0.666. The van der Waals surface area contributed by atoms with Crippen molar-refractivity contribution in [2.24, 2.45) is 5.92 Å². The van der Waals surface area contributed by atoms with Gasteiger partial charge in [0.15, 0.2) is 0 Å². The molecule has 4 heteroatoms. The SMILES string of the molecule is Cc1ccc(NCC2CCN(C(C)C)C2)nn1. The minimum Gasteiger partial charge on any atom is -0.368 e. The molecule has 1 aliphatic heterocycles. The van der Waals surface area contributed by atoms with Crippen molar-refractivity contribution < 1.29 is 0 Å². The summed E-state index contributed by atoms with van der Waals surface area (Å²) in [5.41, 5.74) is 0.961. The fraction of sp³-hybridized carbons (Fsp3) is 0.692. The zero-order valence-electron chi connectivity index (χ0n) is 11.0. The highest BCUT2D eigenvalue weighted by Crippen LogP contribution is 2.18. The van der Waals surface area contributed by atoms with Crippen LogP contribution in [-0.4, -0.2) is 40.8 Å². The number of aryl methyl sites for hydroxylation is 1. The molecule has 1 atom stereocenters. The molecule has 17 heavy (non-hydrogen) atoms. The van der Waals surface area contributed by atoms with E-state index < -0.39 is 0 Å². The summed E-state index contributed by atoms with van der Waals surface area (Å²) in [7, 11) is 0. The summed E-state index contributed by atoms with van der Waals surface area (Å²) in [6.07, 6.45) is 1.28. The molecular weight excluding hydrogens is 212 g/mol. The number of likely N-dealkylation sites (tertiary alicyclic amines) is 1. The quantitative estimate of drug-likeness (QED) is 0.864. The number of rotatable bonds is 4. The normalized spacial score (nSPS) is 21.1. The molecule has 2 heterocycles. The average Bonchev–Trinajstić information content (AvgIpc) is 2.77. The molecule has 94 valence electrons. The van der Waals surface area contributed by atoms with E-state index in [9.17, 15) is 0 Å². The lowest BCUT2D eigenvalue weighted by molar-refractivity contribution is 0.266. The summed E-state index contributed by atoms with van der Waals surface area (Å²) in [4.78, 5) is 2.53. The Kier molecular flexibility index (Phi) is 3.94. The van der Waals surface area contributed by atoms with Crippen LogP contribution in [0.3, 0.4) is 0 Å². The standard InChI is InChI=1S/C13H22N4/c1-10(2)17-7-6-12(9-17)8-14-13-5-4-11(3)15-16-13/h4-5,10,12H,6-9H2,1-3H3,(H,14,16). The van der Waals surface area contributed by atoms with E-state index in [2.05, 4.69) is 34.3 Å². The van der Waals surface area contributed by atoms with Gasteiger partial charge in [-0.2, -0.15) is 5.10 Å². The molecule has 2 rings (SSSR count). The monoisotopic (exact) mass is 234 g/mol. The lowest BCUT2D eigenvalue weighted by atomic mass is 10.1. The van der Waals surface area contributed by atoms with Crippen molar-refractivity contribution in [3.8, 4) is 0 Å². The van der Waals surface area contributed by atoms with Crippen molar-refractivity contribution in [3.05, 3.63) is 17.8 Å². The van der Waals surface area contributed by atoms with E-state index in [0.717, 1.165) is 24.0 Å². The van der Waals surface area contributed by atoms with Gasteiger partial charge in [-0.25, -0.2) is 0 Å². The molecule has 4 nitrogen and oxygen atoms in total. The van der Waals surface area contributed by atoms with Crippen LogP contribution in [0.4, 0.5) is 5.82 Å². The van der Waals surface area contributed by atoms with E-state index in [4.69, 9.17) is 0 Å². The second-order valence-electron chi connectivity index (χ2n) is 5.18. The third-order valence-electron chi connectivity index (χ3n) is 3.42. The van der Waals surface area contributed by atoms with Crippen LogP contribution in [0.25, 0.3) is 0 Å². The lowest BCUT2D eigenvalue weighted by Gasteiger charge is -2.20. The highest BCUT2D eigenvalue weighted by Gasteiger charge is 2.23. The second-order valence-corrected chi connectivity index (χ2v) is 5.18. The Morgan fingerprint density at radius 3 is 2.82 bits per heavy atom. The largest absolute Gasteiger partial charge is 0.368 e. The van der Waals surface area contributed by atoms with Gasteiger partial charge in [-0.05, 0) is 51.8 Å². The first-order valence-corrected chi connectivity index (χ1v) is 6.43. The van der Waals surface area contributed by atoms with Crippen LogP contribution in [-0.2, 0) is 0 Å². The van der Waals surface area contributed by atoms with E-state index in [1.807, 2.05) is 19.1 Å². The van der Waals surface area contributed by atoms with Gasteiger partial charge in [0, 0.05) is 19.1 Å². The van der Waals surface area contributed by atoms with Gasteiger partial charge < -0.3 is 10.2 Å². The first-order valence-electron chi connectivity index (χ1n) is 6.43. The zero-order valence-corrected chi connectivity index (χ0v) is 11.0. The molecule has 0 aromatic carbocycles. The molecule has 1 aliphatic rings. The van der Waals surface area contributed by atoms with Gasteiger partial charge in [-0.3, -0.25) is 0 Å². The number of hydrogen-bond donors (Lipinski definition) is 1. The van der Waals surface area contributed by atoms with Crippen molar-refractivity contribution >= 4 is 5.82 Å². The molecule has 0 spiro atoms.